The zero-order valence-corrected chi connectivity index (χ0v) is 17.8. The van der Waals surface area contributed by atoms with Crippen molar-refractivity contribution in [3.05, 3.63) is 77.5 Å². The minimum Gasteiger partial charge on any atom is -0.347 e. The third kappa shape index (κ3) is 3.73. The summed E-state index contributed by atoms with van der Waals surface area (Å²) in [5, 5.41) is 11.2. The molecule has 1 aliphatic heterocycles. The fourth-order valence-electron chi connectivity index (χ4n) is 4.43. The van der Waals surface area contributed by atoms with Crippen LogP contribution in [0.5, 0.6) is 0 Å². The van der Waals surface area contributed by atoms with E-state index in [1.165, 1.54) is 12.3 Å². The summed E-state index contributed by atoms with van der Waals surface area (Å²) in [5.74, 6) is -0.601. The highest BCUT2D eigenvalue weighted by Crippen LogP contribution is 2.30. The van der Waals surface area contributed by atoms with Gasteiger partial charge in [-0.05, 0) is 43.8 Å². The summed E-state index contributed by atoms with van der Waals surface area (Å²) in [7, 11) is 1.97. The Morgan fingerprint density at radius 2 is 2.03 bits per heavy atom. The van der Waals surface area contributed by atoms with Gasteiger partial charge in [-0.2, -0.15) is 5.10 Å². The SMILES string of the molecule is Cc1cc(-c2n[nH]c3ncc(C(=O)N[C@@H]4CN(C)C[C@H]4c4ccccc4F)cc23)ccn1. The summed E-state index contributed by atoms with van der Waals surface area (Å²) in [4.78, 5) is 23.8. The third-order valence-electron chi connectivity index (χ3n) is 5.97. The topological polar surface area (TPSA) is 86.8 Å². The standard InChI is InChI=1S/C24H23FN6O/c1-14-9-15(7-8-26-14)22-18-10-16(11-27-23(18)30-29-22)24(32)28-21-13-31(2)12-19(21)17-5-3-4-6-20(17)25/h3-11,19,21H,12-13H2,1-2H3,(H,28,32)(H,27,29,30)/t19-,21+/m0/s1. The molecule has 0 radical (unpaired) electrons. The Morgan fingerprint density at radius 3 is 2.84 bits per heavy atom. The van der Waals surface area contributed by atoms with Gasteiger partial charge in [0.1, 0.15) is 11.5 Å². The van der Waals surface area contributed by atoms with Crippen LogP contribution in [0.2, 0.25) is 0 Å². The molecule has 0 spiro atoms. The van der Waals surface area contributed by atoms with Crippen LogP contribution < -0.4 is 5.32 Å². The normalized spacial score (nSPS) is 18.8. The van der Waals surface area contributed by atoms with Crippen LogP contribution in [0.1, 0.15) is 27.5 Å². The second-order valence-electron chi connectivity index (χ2n) is 8.31. The Balaban J connectivity index is 1.43. The number of H-pyrrole nitrogens is 1. The second kappa shape index (κ2) is 8.12. The molecule has 3 aromatic heterocycles. The lowest BCUT2D eigenvalue weighted by Gasteiger charge is -2.20. The molecule has 0 unspecified atom stereocenters. The van der Waals surface area contributed by atoms with Crippen LogP contribution in [0.3, 0.4) is 0 Å². The molecule has 1 fully saturated rings. The monoisotopic (exact) mass is 430 g/mol. The molecule has 1 aromatic carbocycles. The summed E-state index contributed by atoms with van der Waals surface area (Å²) in [6.45, 7) is 3.24. The number of likely N-dealkylation sites (tertiary alicyclic amines) is 1. The van der Waals surface area contributed by atoms with Crippen LogP contribution in [-0.2, 0) is 0 Å². The number of nitrogens with one attached hydrogen (secondary N) is 2. The van der Waals surface area contributed by atoms with E-state index in [1.54, 1.807) is 24.4 Å². The number of halogens is 1. The van der Waals surface area contributed by atoms with E-state index >= 15 is 0 Å². The summed E-state index contributed by atoms with van der Waals surface area (Å²) in [6.07, 6.45) is 3.27. The zero-order valence-electron chi connectivity index (χ0n) is 17.8. The number of aryl methyl sites for hydroxylation is 1. The molecule has 1 aliphatic rings. The quantitative estimate of drug-likeness (QED) is 0.519. The van der Waals surface area contributed by atoms with Gasteiger partial charge in [0.2, 0.25) is 0 Å². The fourth-order valence-corrected chi connectivity index (χ4v) is 4.43. The number of carbonyl (C=O) groups excluding carboxylic acids is 1. The molecule has 4 aromatic rings. The van der Waals surface area contributed by atoms with Crippen molar-refractivity contribution in [2.24, 2.45) is 0 Å². The van der Waals surface area contributed by atoms with E-state index in [9.17, 15) is 9.18 Å². The Hall–Kier alpha value is -3.65. The lowest BCUT2D eigenvalue weighted by Crippen LogP contribution is -2.39. The number of hydrogen-bond acceptors (Lipinski definition) is 5. The van der Waals surface area contributed by atoms with Crippen LogP contribution in [0.15, 0.2) is 54.9 Å². The lowest BCUT2D eigenvalue weighted by atomic mass is 9.93. The van der Waals surface area contributed by atoms with Crippen molar-refractivity contribution < 1.29 is 9.18 Å². The second-order valence-corrected chi connectivity index (χ2v) is 8.31. The number of rotatable bonds is 4. The average molecular weight is 430 g/mol. The summed E-state index contributed by atoms with van der Waals surface area (Å²) < 4.78 is 14.4. The minimum atomic E-state index is -0.245. The van der Waals surface area contributed by atoms with E-state index < -0.39 is 0 Å². The van der Waals surface area contributed by atoms with Crippen molar-refractivity contribution in [2.75, 3.05) is 20.1 Å². The highest BCUT2D eigenvalue weighted by molar-refractivity contribution is 6.00. The molecule has 0 bridgehead atoms. The van der Waals surface area contributed by atoms with Gasteiger partial charge in [-0.25, -0.2) is 9.37 Å². The van der Waals surface area contributed by atoms with Crippen molar-refractivity contribution >= 4 is 16.9 Å². The number of carbonyl (C=O) groups is 1. The predicted octanol–water partition coefficient (Wildman–Crippen LogP) is 3.30. The first-order chi connectivity index (χ1) is 15.5. The Morgan fingerprint density at radius 1 is 1.19 bits per heavy atom. The molecule has 32 heavy (non-hydrogen) atoms. The van der Waals surface area contributed by atoms with E-state index in [0.29, 0.717) is 29.9 Å². The molecule has 1 saturated heterocycles. The van der Waals surface area contributed by atoms with E-state index in [-0.39, 0.29) is 23.7 Å². The smallest absolute Gasteiger partial charge is 0.253 e. The molecule has 1 amide bonds. The molecular formula is C24H23FN6O. The van der Waals surface area contributed by atoms with E-state index in [0.717, 1.165) is 22.3 Å². The Kier molecular flexibility index (Phi) is 5.14. The lowest BCUT2D eigenvalue weighted by molar-refractivity contribution is 0.0935. The van der Waals surface area contributed by atoms with Gasteiger partial charge >= 0.3 is 0 Å². The number of pyridine rings is 2. The Bertz CT molecular complexity index is 1300. The van der Waals surface area contributed by atoms with Gasteiger partial charge in [0.25, 0.3) is 5.91 Å². The van der Waals surface area contributed by atoms with Crippen molar-refractivity contribution in [1.29, 1.82) is 0 Å². The van der Waals surface area contributed by atoms with Gasteiger partial charge in [0.05, 0.1) is 5.56 Å². The van der Waals surface area contributed by atoms with Crippen molar-refractivity contribution in [2.45, 2.75) is 18.9 Å². The molecule has 5 rings (SSSR count). The summed E-state index contributed by atoms with van der Waals surface area (Å²) in [6, 6.07) is 12.2. The van der Waals surface area contributed by atoms with Crippen LogP contribution in [-0.4, -0.2) is 57.2 Å². The average Bonchev–Trinajstić information content (AvgIpc) is 3.36. The maximum Gasteiger partial charge on any atom is 0.253 e. The third-order valence-corrected chi connectivity index (χ3v) is 5.97. The first-order valence-electron chi connectivity index (χ1n) is 10.5. The zero-order chi connectivity index (χ0) is 22.2. The molecule has 4 heterocycles. The largest absolute Gasteiger partial charge is 0.347 e. The molecule has 162 valence electrons. The van der Waals surface area contributed by atoms with Crippen molar-refractivity contribution in [3.63, 3.8) is 0 Å². The molecule has 2 N–H and O–H groups in total. The first-order valence-corrected chi connectivity index (χ1v) is 10.5. The Labute approximate surface area is 184 Å². The first kappa shape index (κ1) is 20.3. The van der Waals surface area contributed by atoms with Crippen LogP contribution >= 0.6 is 0 Å². The van der Waals surface area contributed by atoms with Gasteiger partial charge in [0.15, 0.2) is 5.65 Å². The molecule has 0 aliphatic carbocycles. The van der Waals surface area contributed by atoms with Crippen LogP contribution in [0.4, 0.5) is 4.39 Å². The number of fused-ring (bicyclic) bond motifs is 1. The number of nitrogens with zero attached hydrogens (tertiary/aromatic N) is 4. The van der Waals surface area contributed by atoms with E-state index in [2.05, 4.69) is 30.4 Å². The molecule has 8 heteroatoms. The number of aromatic nitrogens is 4. The van der Waals surface area contributed by atoms with Crippen LogP contribution in [0.25, 0.3) is 22.3 Å². The maximum atomic E-state index is 14.4. The highest BCUT2D eigenvalue weighted by Gasteiger charge is 2.34. The number of hydrogen-bond donors (Lipinski definition) is 2. The summed E-state index contributed by atoms with van der Waals surface area (Å²) >= 11 is 0. The minimum absolute atomic E-state index is 0.119. The highest BCUT2D eigenvalue weighted by atomic mass is 19.1. The van der Waals surface area contributed by atoms with Crippen molar-refractivity contribution in [1.82, 2.24) is 30.4 Å². The van der Waals surface area contributed by atoms with Gasteiger partial charge in [-0.15, -0.1) is 0 Å². The maximum absolute atomic E-state index is 14.4. The number of likely N-dealkylation sites (N-methyl/N-ethyl adjacent to an activating group) is 1. The van der Waals surface area contributed by atoms with Crippen molar-refractivity contribution in [3.8, 4) is 11.3 Å². The van der Waals surface area contributed by atoms with E-state index in [4.69, 9.17) is 0 Å². The van der Waals surface area contributed by atoms with Crippen LogP contribution in [0, 0.1) is 12.7 Å². The predicted molar refractivity (Wildman–Crippen MR) is 120 cm³/mol. The molecular weight excluding hydrogens is 407 g/mol. The van der Waals surface area contributed by atoms with E-state index in [1.807, 2.05) is 32.2 Å². The molecule has 7 nitrogen and oxygen atoms in total. The number of benzene rings is 1. The molecule has 0 saturated carbocycles. The fraction of sp³-hybridized carbons (Fsp3) is 0.250. The number of aromatic amines is 1. The van der Waals surface area contributed by atoms with Gasteiger partial charge in [-0.1, -0.05) is 18.2 Å². The van der Waals surface area contributed by atoms with Gasteiger partial charge < -0.3 is 10.2 Å². The van der Waals surface area contributed by atoms with Gasteiger partial charge in [-0.3, -0.25) is 14.9 Å². The summed E-state index contributed by atoms with van der Waals surface area (Å²) in [5.41, 5.74) is 4.17. The molecule has 2 atom stereocenters. The van der Waals surface area contributed by atoms with Gasteiger partial charge in [0, 0.05) is 54.1 Å². The number of amides is 1.